The van der Waals surface area contributed by atoms with Gasteiger partial charge in [0.1, 0.15) is 17.2 Å². The van der Waals surface area contributed by atoms with Gasteiger partial charge >= 0.3 is 0 Å². The molecule has 0 atom stereocenters. The van der Waals surface area contributed by atoms with Crippen molar-refractivity contribution in [2.45, 2.75) is 19.8 Å². The lowest BCUT2D eigenvalue weighted by Crippen LogP contribution is -2.27. The maximum Gasteiger partial charge on any atom is 0.290 e. The molecule has 29 heavy (non-hydrogen) atoms. The monoisotopic (exact) mass is 428 g/mol. The largest absolute Gasteiger partial charge is 0.349 e. The first-order chi connectivity index (χ1) is 14.1. The molecule has 0 unspecified atom stereocenters. The summed E-state index contributed by atoms with van der Waals surface area (Å²) in [6.07, 6.45) is 5.06. The Balaban J connectivity index is 1.48. The summed E-state index contributed by atoms with van der Waals surface area (Å²) < 4.78 is 3.48. The van der Waals surface area contributed by atoms with Crippen molar-refractivity contribution in [3.63, 3.8) is 0 Å². The van der Waals surface area contributed by atoms with Gasteiger partial charge < -0.3 is 9.72 Å². The molecular formula is C20H18Cl2N6O. The molecule has 0 saturated carbocycles. The highest BCUT2D eigenvalue weighted by molar-refractivity contribution is 6.37. The van der Waals surface area contributed by atoms with Crippen molar-refractivity contribution in [2.75, 3.05) is 6.54 Å². The van der Waals surface area contributed by atoms with Crippen LogP contribution in [0.4, 0.5) is 0 Å². The van der Waals surface area contributed by atoms with E-state index < -0.39 is 0 Å². The Morgan fingerprint density at radius 3 is 2.62 bits per heavy atom. The Morgan fingerprint density at radius 1 is 1.10 bits per heavy atom. The van der Waals surface area contributed by atoms with Crippen molar-refractivity contribution in [1.82, 2.24) is 29.5 Å². The average molecular weight is 429 g/mol. The number of imidazole rings is 1. The number of aromatic nitrogens is 5. The van der Waals surface area contributed by atoms with Crippen molar-refractivity contribution in [3.8, 4) is 5.69 Å². The predicted molar refractivity (Wildman–Crippen MR) is 112 cm³/mol. The number of hydrogen-bond donors (Lipinski definition) is 1. The topological polar surface area (TPSA) is 77.1 Å². The lowest BCUT2D eigenvalue weighted by molar-refractivity contribution is 0.0943. The lowest BCUT2D eigenvalue weighted by Gasteiger charge is -2.08. The van der Waals surface area contributed by atoms with E-state index in [0.29, 0.717) is 40.9 Å². The zero-order valence-electron chi connectivity index (χ0n) is 15.6. The van der Waals surface area contributed by atoms with Crippen molar-refractivity contribution in [1.29, 1.82) is 0 Å². The number of fused-ring (bicyclic) bond motifs is 1. The minimum atomic E-state index is -0.356. The normalized spacial score (nSPS) is 11.1. The Labute approximate surface area is 177 Å². The summed E-state index contributed by atoms with van der Waals surface area (Å²) in [5.41, 5.74) is 2.29. The minimum Gasteiger partial charge on any atom is -0.349 e. The van der Waals surface area contributed by atoms with Crippen LogP contribution >= 0.6 is 23.2 Å². The Bertz CT molecular complexity index is 1130. The molecule has 7 nitrogen and oxygen atoms in total. The quantitative estimate of drug-likeness (QED) is 0.507. The van der Waals surface area contributed by atoms with Gasteiger partial charge in [0.15, 0.2) is 0 Å². The van der Waals surface area contributed by atoms with Crippen LogP contribution < -0.4 is 5.32 Å². The number of amides is 1. The Morgan fingerprint density at radius 2 is 1.90 bits per heavy atom. The van der Waals surface area contributed by atoms with Crippen molar-refractivity contribution >= 4 is 34.8 Å². The van der Waals surface area contributed by atoms with Gasteiger partial charge in [0.05, 0.1) is 15.7 Å². The zero-order chi connectivity index (χ0) is 20.4. The van der Waals surface area contributed by atoms with Gasteiger partial charge in [-0.1, -0.05) is 42.3 Å². The van der Waals surface area contributed by atoms with E-state index in [1.165, 1.54) is 4.68 Å². The molecule has 1 aromatic carbocycles. The van der Waals surface area contributed by atoms with Gasteiger partial charge in [0, 0.05) is 31.8 Å². The molecule has 0 aliphatic carbocycles. The second-order valence-electron chi connectivity index (χ2n) is 6.39. The maximum atomic E-state index is 12.5. The average Bonchev–Trinajstić information content (AvgIpc) is 3.31. The van der Waals surface area contributed by atoms with Crippen LogP contribution in [0.3, 0.4) is 0 Å². The van der Waals surface area contributed by atoms with Gasteiger partial charge in [-0.3, -0.25) is 4.79 Å². The third-order valence-corrected chi connectivity index (χ3v) is 5.03. The second kappa shape index (κ2) is 8.23. The zero-order valence-corrected chi connectivity index (χ0v) is 17.2. The van der Waals surface area contributed by atoms with Crippen LogP contribution in [0.15, 0.2) is 48.8 Å². The third-order valence-electron chi connectivity index (χ3n) is 4.42. The van der Waals surface area contributed by atoms with Gasteiger partial charge in [0.25, 0.3) is 5.91 Å². The highest BCUT2D eigenvalue weighted by Gasteiger charge is 2.19. The molecule has 3 aromatic heterocycles. The number of aryl methyl sites for hydroxylation is 1. The number of halogens is 2. The van der Waals surface area contributed by atoms with E-state index in [1.807, 2.05) is 41.9 Å². The molecule has 0 aliphatic rings. The first-order valence-electron chi connectivity index (χ1n) is 9.18. The van der Waals surface area contributed by atoms with E-state index in [0.717, 1.165) is 11.3 Å². The van der Waals surface area contributed by atoms with Crippen LogP contribution in [-0.4, -0.2) is 36.6 Å². The van der Waals surface area contributed by atoms with E-state index >= 15 is 0 Å². The van der Waals surface area contributed by atoms with Gasteiger partial charge in [-0.15, -0.1) is 5.10 Å². The number of hydrogen-bond acceptors (Lipinski definition) is 4. The van der Waals surface area contributed by atoms with E-state index in [2.05, 4.69) is 20.4 Å². The number of rotatable bonds is 6. The van der Waals surface area contributed by atoms with Crippen molar-refractivity contribution in [3.05, 3.63) is 76.2 Å². The molecule has 1 N–H and O–H groups in total. The standard InChI is InChI=1S/C20H18Cl2N6O/c1-2-16-25-19(26-28(16)18-14(21)6-5-7-15(18)22)20(29)23-10-9-13-12-27-11-4-3-8-17(27)24-13/h3-8,11-12H,2,9-10H2,1H3,(H,23,29). The number of nitrogens with one attached hydrogen (secondary N) is 1. The highest BCUT2D eigenvalue weighted by Crippen LogP contribution is 2.28. The number of carbonyl (C=O) groups excluding carboxylic acids is 1. The van der Waals surface area contributed by atoms with Crippen LogP contribution in [0.5, 0.6) is 0 Å². The predicted octanol–water partition coefficient (Wildman–Crippen LogP) is 3.76. The van der Waals surface area contributed by atoms with Crippen LogP contribution in [0.25, 0.3) is 11.3 Å². The molecule has 0 spiro atoms. The van der Waals surface area contributed by atoms with E-state index in [4.69, 9.17) is 23.2 Å². The molecule has 0 bridgehead atoms. The van der Waals surface area contributed by atoms with E-state index in [-0.39, 0.29) is 11.7 Å². The summed E-state index contributed by atoms with van der Waals surface area (Å²) in [7, 11) is 0. The highest BCUT2D eigenvalue weighted by atomic mass is 35.5. The smallest absolute Gasteiger partial charge is 0.290 e. The van der Waals surface area contributed by atoms with Crippen LogP contribution in [-0.2, 0) is 12.8 Å². The van der Waals surface area contributed by atoms with Gasteiger partial charge in [-0.05, 0) is 24.3 Å². The molecule has 4 aromatic rings. The molecule has 148 valence electrons. The number of nitrogens with zero attached hydrogens (tertiary/aromatic N) is 5. The summed E-state index contributed by atoms with van der Waals surface area (Å²) >= 11 is 12.6. The van der Waals surface area contributed by atoms with Gasteiger partial charge in [-0.2, -0.15) is 0 Å². The molecule has 9 heteroatoms. The molecular weight excluding hydrogens is 411 g/mol. The Kier molecular flexibility index (Phi) is 5.51. The fraction of sp³-hybridized carbons (Fsp3) is 0.200. The summed E-state index contributed by atoms with van der Waals surface area (Å²) in [6, 6.07) is 11.0. The van der Waals surface area contributed by atoms with E-state index in [9.17, 15) is 4.79 Å². The third kappa shape index (κ3) is 3.97. The maximum absolute atomic E-state index is 12.5. The van der Waals surface area contributed by atoms with Crippen molar-refractivity contribution in [2.24, 2.45) is 0 Å². The summed E-state index contributed by atoms with van der Waals surface area (Å²) in [5, 5.41) is 8.06. The molecule has 1 amide bonds. The molecule has 0 aliphatic heterocycles. The molecule has 4 rings (SSSR count). The van der Waals surface area contributed by atoms with Gasteiger partial charge in [0.2, 0.25) is 5.82 Å². The molecule has 0 fully saturated rings. The van der Waals surface area contributed by atoms with Gasteiger partial charge in [-0.25, -0.2) is 14.6 Å². The first-order valence-corrected chi connectivity index (χ1v) is 9.93. The summed E-state index contributed by atoms with van der Waals surface area (Å²) in [4.78, 5) is 21.4. The van der Waals surface area contributed by atoms with Crippen LogP contribution in [0.2, 0.25) is 10.0 Å². The lowest BCUT2D eigenvalue weighted by atomic mass is 10.3. The second-order valence-corrected chi connectivity index (χ2v) is 7.21. The number of carbonyl (C=O) groups is 1. The number of para-hydroxylation sites is 1. The number of benzene rings is 1. The summed E-state index contributed by atoms with van der Waals surface area (Å²) in [5.74, 6) is 0.323. The SMILES string of the molecule is CCc1nc(C(=O)NCCc2cn3ccccc3n2)nn1-c1c(Cl)cccc1Cl. The summed E-state index contributed by atoms with van der Waals surface area (Å²) in [6.45, 7) is 2.35. The Hall–Kier alpha value is -2.90. The van der Waals surface area contributed by atoms with E-state index in [1.54, 1.807) is 18.2 Å². The molecule has 0 saturated heterocycles. The van der Waals surface area contributed by atoms with Crippen LogP contribution in [0.1, 0.15) is 29.1 Å². The van der Waals surface area contributed by atoms with Crippen LogP contribution in [0, 0.1) is 0 Å². The number of pyridine rings is 1. The molecule has 3 heterocycles. The minimum absolute atomic E-state index is 0.0767. The van der Waals surface area contributed by atoms with Crippen molar-refractivity contribution < 1.29 is 4.79 Å². The fourth-order valence-electron chi connectivity index (χ4n) is 3.03. The first kappa shape index (κ1) is 19.4. The fourth-order valence-corrected chi connectivity index (χ4v) is 3.59. The molecule has 0 radical (unpaired) electrons.